The Bertz CT molecular complexity index is 1300. The van der Waals surface area contributed by atoms with Crippen molar-refractivity contribution in [1.82, 2.24) is 14.6 Å². The fourth-order valence-electron chi connectivity index (χ4n) is 3.15. The second-order valence-electron chi connectivity index (χ2n) is 7.70. The maximum Gasteiger partial charge on any atom is 0.329 e. The lowest BCUT2D eigenvalue weighted by molar-refractivity contribution is -0.148. The van der Waals surface area contributed by atoms with Crippen molar-refractivity contribution in [3.05, 3.63) is 65.9 Å². The first-order valence-corrected chi connectivity index (χ1v) is 11.6. The van der Waals surface area contributed by atoms with E-state index in [9.17, 15) is 22.8 Å². The second-order valence-corrected chi connectivity index (χ2v) is 9.85. The van der Waals surface area contributed by atoms with E-state index < -0.39 is 34.0 Å². The highest BCUT2D eigenvalue weighted by molar-refractivity contribution is 7.89. The van der Waals surface area contributed by atoms with E-state index in [-0.39, 0.29) is 16.2 Å². The number of carbonyl (C=O) groups is 3. The van der Waals surface area contributed by atoms with E-state index in [1.807, 2.05) is 18.2 Å². The van der Waals surface area contributed by atoms with Crippen molar-refractivity contribution in [3.8, 4) is 0 Å². The van der Waals surface area contributed by atoms with Gasteiger partial charge in [0.25, 0.3) is 5.91 Å². The van der Waals surface area contributed by atoms with Gasteiger partial charge in [-0.15, -0.1) is 0 Å². The quantitative estimate of drug-likeness (QED) is 0.384. The fraction of sp³-hybridized carbons (Fsp3) is 0.261. The third-order valence-corrected chi connectivity index (χ3v) is 6.94. The highest BCUT2D eigenvalue weighted by Gasteiger charge is 2.26. The summed E-state index contributed by atoms with van der Waals surface area (Å²) in [5, 5.41) is 3.22. The molecule has 174 valence electrons. The summed E-state index contributed by atoms with van der Waals surface area (Å²) in [5.74, 6) is -1.71. The molecule has 1 aromatic heterocycles. The number of amides is 1. The Morgan fingerprint density at radius 1 is 1.00 bits per heavy atom. The van der Waals surface area contributed by atoms with Crippen LogP contribution in [0.2, 0.25) is 0 Å². The molecule has 9 nitrogen and oxygen atoms in total. The number of nitrogens with one attached hydrogen (secondary N) is 2. The Kier molecular flexibility index (Phi) is 6.99. The monoisotopic (exact) mass is 471 g/mol. The maximum absolute atomic E-state index is 12.7. The van der Waals surface area contributed by atoms with Crippen molar-refractivity contribution < 1.29 is 27.5 Å². The van der Waals surface area contributed by atoms with E-state index in [0.29, 0.717) is 5.56 Å². The van der Waals surface area contributed by atoms with Crippen LogP contribution in [0.3, 0.4) is 0 Å². The van der Waals surface area contributed by atoms with Crippen LogP contribution in [0.25, 0.3) is 10.9 Å². The lowest BCUT2D eigenvalue weighted by atomic mass is 10.1. The summed E-state index contributed by atoms with van der Waals surface area (Å²) in [5.41, 5.74) is 1.38. The number of ether oxygens (including phenoxy) is 1. The van der Waals surface area contributed by atoms with Crippen LogP contribution < -0.4 is 5.32 Å². The zero-order valence-corrected chi connectivity index (χ0v) is 19.5. The predicted octanol–water partition coefficient (Wildman–Crippen LogP) is 2.35. The van der Waals surface area contributed by atoms with Crippen LogP contribution in [-0.4, -0.2) is 61.6 Å². The number of hydrogen-bond donors (Lipinski definition) is 2. The first-order chi connectivity index (χ1) is 15.5. The molecule has 2 atom stereocenters. The molecule has 0 aliphatic carbocycles. The maximum atomic E-state index is 12.7. The van der Waals surface area contributed by atoms with Gasteiger partial charge in [0.05, 0.1) is 4.90 Å². The Hall–Kier alpha value is -3.50. The van der Waals surface area contributed by atoms with Crippen molar-refractivity contribution in [2.24, 2.45) is 0 Å². The summed E-state index contributed by atoms with van der Waals surface area (Å²) < 4.78 is 30.6. The van der Waals surface area contributed by atoms with Crippen LogP contribution in [0, 0.1) is 0 Å². The fourth-order valence-corrected chi connectivity index (χ4v) is 4.05. The molecule has 0 radical (unpaired) electrons. The highest BCUT2D eigenvalue weighted by Crippen LogP contribution is 2.20. The van der Waals surface area contributed by atoms with Gasteiger partial charge in [-0.05, 0) is 44.2 Å². The van der Waals surface area contributed by atoms with Crippen molar-refractivity contribution in [2.45, 2.75) is 30.9 Å². The summed E-state index contributed by atoms with van der Waals surface area (Å²) in [6.07, 6.45) is 0.523. The second kappa shape index (κ2) is 9.55. The van der Waals surface area contributed by atoms with Crippen LogP contribution in [0.15, 0.2) is 59.6 Å². The van der Waals surface area contributed by atoms with Crippen LogP contribution in [0.1, 0.15) is 34.6 Å². The molecule has 0 fully saturated rings. The van der Waals surface area contributed by atoms with Gasteiger partial charge < -0.3 is 15.0 Å². The van der Waals surface area contributed by atoms with Gasteiger partial charge in [0.1, 0.15) is 6.04 Å². The number of aromatic nitrogens is 1. The number of nitrogens with zero attached hydrogens (tertiary/aromatic N) is 1. The number of benzene rings is 2. The third-order valence-electron chi connectivity index (χ3n) is 5.11. The van der Waals surface area contributed by atoms with Crippen LogP contribution in [-0.2, 0) is 19.6 Å². The molecule has 2 N–H and O–H groups in total. The average molecular weight is 472 g/mol. The lowest BCUT2D eigenvalue weighted by Crippen LogP contribution is -2.41. The van der Waals surface area contributed by atoms with Crippen molar-refractivity contribution in [2.75, 3.05) is 14.1 Å². The molecule has 0 saturated carbocycles. The normalized spacial score (nSPS) is 13.5. The van der Waals surface area contributed by atoms with E-state index in [0.717, 1.165) is 15.2 Å². The van der Waals surface area contributed by atoms with Crippen LogP contribution >= 0.6 is 0 Å². The molecular formula is C23H25N3O6S. The molecule has 0 aliphatic heterocycles. The summed E-state index contributed by atoms with van der Waals surface area (Å²) in [6.45, 7) is 2.91. The number of Topliss-reactive ketones (excluding diaryl/α,β-unsaturated/α-hetero) is 1. The predicted molar refractivity (Wildman–Crippen MR) is 122 cm³/mol. The smallest absolute Gasteiger partial charge is 0.329 e. The standard InChI is InChI=1S/C23H25N3O6S/c1-14(25-22(28)16-9-11-17(12-10-16)33(30,31)26(3)4)23(29)32-15(2)21(27)19-13-24-20-8-6-5-7-18(19)20/h5-15,24H,1-4H3,(H,25,28). The zero-order chi connectivity index (χ0) is 24.3. The number of hydrogen-bond acceptors (Lipinski definition) is 6. The van der Waals surface area contributed by atoms with Crippen LogP contribution in [0.4, 0.5) is 0 Å². The summed E-state index contributed by atoms with van der Waals surface area (Å²) in [4.78, 5) is 40.7. The van der Waals surface area contributed by atoms with Gasteiger partial charge in [0.15, 0.2) is 6.10 Å². The number of para-hydroxylation sites is 1. The molecule has 0 bridgehead atoms. The van der Waals surface area contributed by atoms with Gasteiger partial charge in [0, 0.05) is 42.3 Å². The number of rotatable bonds is 8. The van der Waals surface area contributed by atoms with E-state index in [2.05, 4.69) is 10.3 Å². The molecule has 1 amide bonds. The van der Waals surface area contributed by atoms with Gasteiger partial charge in [-0.3, -0.25) is 9.59 Å². The van der Waals surface area contributed by atoms with Crippen molar-refractivity contribution >= 4 is 38.6 Å². The van der Waals surface area contributed by atoms with E-state index in [4.69, 9.17) is 4.74 Å². The Morgan fingerprint density at radius 3 is 2.27 bits per heavy atom. The van der Waals surface area contributed by atoms with E-state index >= 15 is 0 Å². The number of ketones is 1. The largest absolute Gasteiger partial charge is 0.453 e. The third kappa shape index (κ3) is 5.12. The van der Waals surface area contributed by atoms with Gasteiger partial charge in [-0.25, -0.2) is 17.5 Å². The minimum atomic E-state index is -3.62. The van der Waals surface area contributed by atoms with Crippen molar-refractivity contribution in [3.63, 3.8) is 0 Å². The Balaban J connectivity index is 1.62. The van der Waals surface area contributed by atoms with Gasteiger partial charge in [-0.1, -0.05) is 18.2 Å². The summed E-state index contributed by atoms with van der Waals surface area (Å²) in [7, 11) is -0.796. The minimum absolute atomic E-state index is 0.0427. The molecule has 33 heavy (non-hydrogen) atoms. The zero-order valence-electron chi connectivity index (χ0n) is 18.7. The SMILES string of the molecule is CC(NC(=O)c1ccc(S(=O)(=O)N(C)C)cc1)C(=O)OC(C)C(=O)c1c[nH]c2ccccc12. The van der Waals surface area contributed by atoms with Gasteiger partial charge in [0.2, 0.25) is 15.8 Å². The molecule has 3 rings (SSSR count). The van der Waals surface area contributed by atoms with Crippen molar-refractivity contribution in [1.29, 1.82) is 0 Å². The first-order valence-electron chi connectivity index (χ1n) is 10.2. The minimum Gasteiger partial charge on any atom is -0.453 e. The lowest BCUT2D eigenvalue weighted by Gasteiger charge is -2.17. The number of esters is 1. The summed E-state index contributed by atoms with van der Waals surface area (Å²) in [6, 6.07) is 11.6. The number of aromatic amines is 1. The molecule has 2 aromatic carbocycles. The van der Waals surface area contributed by atoms with E-state index in [1.54, 1.807) is 12.3 Å². The molecule has 10 heteroatoms. The topological polar surface area (TPSA) is 126 Å². The molecule has 0 saturated heterocycles. The number of sulfonamides is 1. The summed E-state index contributed by atoms with van der Waals surface area (Å²) >= 11 is 0. The highest BCUT2D eigenvalue weighted by atomic mass is 32.2. The van der Waals surface area contributed by atoms with Gasteiger partial charge in [-0.2, -0.15) is 0 Å². The molecule has 0 aliphatic rings. The molecule has 0 spiro atoms. The average Bonchev–Trinajstić information content (AvgIpc) is 3.22. The molecular weight excluding hydrogens is 446 g/mol. The molecule has 3 aromatic rings. The molecule has 1 heterocycles. The number of fused-ring (bicyclic) bond motifs is 1. The Labute approximate surface area is 191 Å². The van der Waals surface area contributed by atoms with Crippen LogP contribution in [0.5, 0.6) is 0 Å². The molecule has 2 unspecified atom stereocenters. The number of H-pyrrole nitrogens is 1. The van der Waals surface area contributed by atoms with E-state index in [1.165, 1.54) is 52.2 Å². The van der Waals surface area contributed by atoms with Gasteiger partial charge >= 0.3 is 5.97 Å². The first kappa shape index (κ1) is 24.1. The number of carbonyl (C=O) groups excluding carboxylic acids is 3. The Morgan fingerprint density at radius 2 is 1.64 bits per heavy atom.